The molecule has 0 fully saturated rings. The second-order valence-electron chi connectivity index (χ2n) is 3.70. The molecule has 0 aliphatic rings. The first-order valence-corrected chi connectivity index (χ1v) is 6.82. The van der Waals surface area contributed by atoms with Crippen molar-refractivity contribution in [2.45, 2.75) is 19.9 Å². The molecule has 0 bridgehead atoms. The third-order valence-electron chi connectivity index (χ3n) is 2.19. The number of aliphatic hydroxyl groups excluding tert-OH is 1. The predicted molar refractivity (Wildman–Crippen MR) is 63.5 cm³/mol. The Bertz CT molecular complexity index is 411. The highest BCUT2D eigenvalue weighted by Crippen LogP contribution is 2.03. The summed E-state index contributed by atoms with van der Waals surface area (Å²) in [5.41, 5.74) is 2.07. The van der Waals surface area contributed by atoms with Crippen LogP contribution in [0.2, 0.25) is 0 Å². The molecule has 0 atom stereocenters. The maximum atomic E-state index is 11.4. The van der Waals surface area contributed by atoms with Crippen molar-refractivity contribution < 1.29 is 13.5 Å². The van der Waals surface area contributed by atoms with E-state index in [4.69, 9.17) is 5.11 Å². The van der Waals surface area contributed by atoms with Gasteiger partial charge >= 0.3 is 0 Å². The molecule has 1 rings (SSSR count). The van der Waals surface area contributed by atoms with Gasteiger partial charge in [0.25, 0.3) is 0 Å². The monoisotopic (exact) mass is 243 g/mol. The quantitative estimate of drug-likeness (QED) is 0.776. The Morgan fingerprint density at radius 3 is 2.44 bits per heavy atom. The standard InChI is InChI=1S/C11H17NO3S/c1-10-3-5-11(6-4-10)9-12-16(14,15)8-2-7-13/h3-6,12-13H,2,7-9H2,1H3. The number of benzene rings is 1. The Balaban J connectivity index is 2.48. The van der Waals surface area contributed by atoms with Crippen molar-refractivity contribution in [2.24, 2.45) is 0 Å². The van der Waals surface area contributed by atoms with Crippen molar-refractivity contribution in [3.8, 4) is 0 Å². The molecule has 90 valence electrons. The van der Waals surface area contributed by atoms with E-state index in [9.17, 15) is 8.42 Å². The summed E-state index contributed by atoms with van der Waals surface area (Å²) in [5.74, 6) is -0.0324. The first-order valence-electron chi connectivity index (χ1n) is 5.17. The fraction of sp³-hybridized carbons (Fsp3) is 0.455. The van der Waals surface area contributed by atoms with Gasteiger partial charge in [0.1, 0.15) is 0 Å². The van der Waals surface area contributed by atoms with Crippen LogP contribution in [-0.4, -0.2) is 25.9 Å². The van der Waals surface area contributed by atoms with Crippen LogP contribution in [0.15, 0.2) is 24.3 Å². The molecule has 4 nitrogen and oxygen atoms in total. The summed E-state index contributed by atoms with van der Waals surface area (Å²) in [4.78, 5) is 0. The molecule has 0 amide bonds. The molecule has 2 N–H and O–H groups in total. The number of nitrogens with one attached hydrogen (secondary N) is 1. The highest BCUT2D eigenvalue weighted by atomic mass is 32.2. The molecule has 5 heteroatoms. The van der Waals surface area contributed by atoms with Gasteiger partial charge in [-0.3, -0.25) is 0 Å². The summed E-state index contributed by atoms with van der Waals surface area (Å²) >= 11 is 0. The lowest BCUT2D eigenvalue weighted by Gasteiger charge is -2.06. The van der Waals surface area contributed by atoms with Crippen LogP contribution in [0.4, 0.5) is 0 Å². The lowest BCUT2D eigenvalue weighted by Crippen LogP contribution is -2.26. The van der Waals surface area contributed by atoms with Crippen LogP contribution < -0.4 is 4.72 Å². The minimum absolute atomic E-state index is 0.0324. The Hall–Kier alpha value is -0.910. The zero-order chi connectivity index (χ0) is 12.0. The summed E-state index contributed by atoms with van der Waals surface area (Å²) in [7, 11) is -3.26. The number of rotatable bonds is 6. The fourth-order valence-corrected chi connectivity index (χ4v) is 2.27. The van der Waals surface area contributed by atoms with Crippen LogP contribution in [-0.2, 0) is 16.6 Å². The minimum Gasteiger partial charge on any atom is -0.396 e. The van der Waals surface area contributed by atoms with Gasteiger partial charge in [0.2, 0.25) is 10.0 Å². The lowest BCUT2D eigenvalue weighted by atomic mass is 10.2. The molecule has 0 aromatic heterocycles. The highest BCUT2D eigenvalue weighted by Gasteiger charge is 2.08. The molecule has 16 heavy (non-hydrogen) atoms. The smallest absolute Gasteiger partial charge is 0.211 e. The Labute approximate surface area is 96.4 Å². The van der Waals surface area contributed by atoms with Crippen molar-refractivity contribution >= 4 is 10.0 Å². The molecular formula is C11H17NO3S. The number of hydrogen-bond donors (Lipinski definition) is 2. The van der Waals surface area contributed by atoms with E-state index in [0.717, 1.165) is 11.1 Å². The van der Waals surface area contributed by atoms with E-state index in [2.05, 4.69) is 4.72 Å². The molecule has 0 saturated heterocycles. The first-order chi connectivity index (χ1) is 7.53. The van der Waals surface area contributed by atoms with E-state index in [1.165, 1.54) is 0 Å². The van der Waals surface area contributed by atoms with Crippen LogP contribution in [0, 0.1) is 6.92 Å². The third-order valence-corrected chi connectivity index (χ3v) is 3.60. The van der Waals surface area contributed by atoms with Crippen molar-refractivity contribution in [3.63, 3.8) is 0 Å². The topological polar surface area (TPSA) is 66.4 Å². The normalized spacial score (nSPS) is 11.6. The van der Waals surface area contributed by atoms with Crippen LogP contribution in [0.5, 0.6) is 0 Å². The van der Waals surface area contributed by atoms with E-state index in [-0.39, 0.29) is 18.8 Å². The van der Waals surface area contributed by atoms with E-state index < -0.39 is 10.0 Å². The molecule has 0 spiro atoms. The molecule has 0 aliphatic carbocycles. The average molecular weight is 243 g/mol. The van der Waals surface area contributed by atoms with Crippen molar-refractivity contribution in [1.29, 1.82) is 0 Å². The van der Waals surface area contributed by atoms with Crippen molar-refractivity contribution in [1.82, 2.24) is 4.72 Å². The van der Waals surface area contributed by atoms with Crippen molar-refractivity contribution in [2.75, 3.05) is 12.4 Å². The van der Waals surface area contributed by atoms with Gasteiger partial charge in [-0.05, 0) is 18.9 Å². The van der Waals surface area contributed by atoms with Gasteiger partial charge in [-0.2, -0.15) is 0 Å². The zero-order valence-electron chi connectivity index (χ0n) is 9.31. The Morgan fingerprint density at radius 2 is 1.88 bits per heavy atom. The van der Waals surface area contributed by atoms with E-state index in [1.807, 2.05) is 31.2 Å². The maximum absolute atomic E-state index is 11.4. The zero-order valence-corrected chi connectivity index (χ0v) is 10.1. The molecular weight excluding hydrogens is 226 g/mol. The molecule has 1 aromatic carbocycles. The summed E-state index contributed by atoms with van der Waals surface area (Å²) in [6, 6.07) is 7.67. The minimum atomic E-state index is -3.26. The molecule has 0 radical (unpaired) electrons. The van der Waals surface area contributed by atoms with E-state index in [1.54, 1.807) is 0 Å². The largest absolute Gasteiger partial charge is 0.396 e. The van der Waals surface area contributed by atoms with E-state index in [0.29, 0.717) is 6.54 Å². The average Bonchev–Trinajstić information content (AvgIpc) is 2.26. The van der Waals surface area contributed by atoms with Gasteiger partial charge in [0.05, 0.1) is 5.75 Å². The molecule has 0 heterocycles. The van der Waals surface area contributed by atoms with Gasteiger partial charge < -0.3 is 5.11 Å². The molecule has 1 aromatic rings. The van der Waals surface area contributed by atoms with Gasteiger partial charge in [-0.1, -0.05) is 29.8 Å². The summed E-state index contributed by atoms with van der Waals surface area (Å²) < 4.78 is 25.3. The number of aliphatic hydroxyl groups is 1. The third kappa shape index (κ3) is 4.74. The van der Waals surface area contributed by atoms with Crippen molar-refractivity contribution in [3.05, 3.63) is 35.4 Å². The lowest BCUT2D eigenvalue weighted by molar-refractivity contribution is 0.295. The van der Waals surface area contributed by atoms with Crippen LogP contribution in [0.1, 0.15) is 17.5 Å². The van der Waals surface area contributed by atoms with Gasteiger partial charge in [0, 0.05) is 13.2 Å². The molecule has 0 unspecified atom stereocenters. The second-order valence-corrected chi connectivity index (χ2v) is 5.63. The van der Waals surface area contributed by atoms with Gasteiger partial charge in [-0.25, -0.2) is 13.1 Å². The van der Waals surface area contributed by atoms with E-state index >= 15 is 0 Å². The Morgan fingerprint density at radius 1 is 1.25 bits per heavy atom. The summed E-state index contributed by atoms with van der Waals surface area (Å²) in [5, 5.41) is 8.55. The maximum Gasteiger partial charge on any atom is 0.211 e. The van der Waals surface area contributed by atoms with Crippen LogP contribution >= 0.6 is 0 Å². The number of aryl methyl sites for hydroxylation is 1. The predicted octanol–water partition coefficient (Wildman–Crippen LogP) is 0.797. The molecule has 0 aliphatic heterocycles. The fourth-order valence-electron chi connectivity index (χ4n) is 1.23. The number of sulfonamides is 1. The van der Waals surface area contributed by atoms with Gasteiger partial charge in [0.15, 0.2) is 0 Å². The highest BCUT2D eigenvalue weighted by molar-refractivity contribution is 7.89. The SMILES string of the molecule is Cc1ccc(CNS(=O)(=O)CCCO)cc1. The first kappa shape index (κ1) is 13.2. The second kappa shape index (κ2) is 5.98. The van der Waals surface area contributed by atoms with Crippen LogP contribution in [0.3, 0.4) is 0 Å². The Kier molecular flexibility index (Phi) is 4.92. The van der Waals surface area contributed by atoms with Gasteiger partial charge in [-0.15, -0.1) is 0 Å². The summed E-state index contributed by atoms with van der Waals surface area (Å²) in [6.07, 6.45) is 0.267. The molecule has 0 saturated carbocycles. The summed E-state index contributed by atoms with van der Waals surface area (Å²) in [6.45, 7) is 2.18. The van der Waals surface area contributed by atoms with Crippen LogP contribution in [0.25, 0.3) is 0 Å². The number of hydrogen-bond acceptors (Lipinski definition) is 3.